The number of aromatic nitrogens is 3. The Balaban J connectivity index is 1.70. The Bertz CT molecular complexity index is 1150. The van der Waals surface area contributed by atoms with Gasteiger partial charge in [0.15, 0.2) is 0 Å². The van der Waals surface area contributed by atoms with Crippen molar-refractivity contribution in [2.24, 2.45) is 0 Å². The van der Waals surface area contributed by atoms with Gasteiger partial charge in [-0.15, -0.1) is 0 Å². The standard InChI is InChI=1S/C17H14N4O3S/c1-12-4-3-7-21-10-16(19-17(12)21)13-5-2-6-14(8-13)20-25(22,23)15-9-18-24-11-15/h2-11,20H,1H3. The number of nitrogens with zero attached hydrogens (tertiary/aromatic N) is 3. The van der Waals surface area contributed by atoms with E-state index in [1.807, 2.05) is 41.9 Å². The minimum Gasteiger partial charge on any atom is -0.363 e. The summed E-state index contributed by atoms with van der Waals surface area (Å²) >= 11 is 0. The highest BCUT2D eigenvalue weighted by atomic mass is 32.2. The molecular formula is C17H14N4O3S. The molecule has 1 aromatic carbocycles. The molecule has 0 aliphatic carbocycles. The monoisotopic (exact) mass is 354 g/mol. The van der Waals surface area contributed by atoms with Gasteiger partial charge in [0.25, 0.3) is 10.0 Å². The Morgan fingerprint density at radius 2 is 2.08 bits per heavy atom. The lowest BCUT2D eigenvalue weighted by Gasteiger charge is -2.06. The number of nitrogens with one attached hydrogen (secondary N) is 1. The molecule has 0 saturated carbocycles. The number of hydrogen-bond acceptors (Lipinski definition) is 5. The van der Waals surface area contributed by atoms with E-state index in [1.165, 1.54) is 0 Å². The lowest BCUT2D eigenvalue weighted by Crippen LogP contribution is -2.12. The summed E-state index contributed by atoms with van der Waals surface area (Å²) in [7, 11) is -3.73. The molecule has 0 saturated heterocycles. The van der Waals surface area contributed by atoms with Crippen LogP contribution in [0.15, 0.2) is 70.7 Å². The summed E-state index contributed by atoms with van der Waals surface area (Å²) in [5.41, 5.74) is 3.95. The van der Waals surface area contributed by atoms with Gasteiger partial charge in [0, 0.05) is 23.6 Å². The van der Waals surface area contributed by atoms with E-state index < -0.39 is 10.0 Å². The van der Waals surface area contributed by atoms with E-state index >= 15 is 0 Å². The molecule has 0 aliphatic heterocycles. The van der Waals surface area contributed by atoms with Gasteiger partial charge in [-0.05, 0) is 30.7 Å². The summed E-state index contributed by atoms with van der Waals surface area (Å²) in [6.07, 6.45) is 6.07. The van der Waals surface area contributed by atoms with Crippen LogP contribution in [0.3, 0.4) is 0 Å². The van der Waals surface area contributed by atoms with Gasteiger partial charge in [-0.1, -0.05) is 23.4 Å². The van der Waals surface area contributed by atoms with Crippen LogP contribution in [0.2, 0.25) is 0 Å². The van der Waals surface area contributed by atoms with Crippen LogP contribution in [-0.4, -0.2) is 23.0 Å². The molecule has 4 rings (SSSR count). The first kappa shape index (κ1) is 15.4. The third-order valence-electron chi connectivity index (χ3n) is 3.81. The van der Waals surface area contributed by atoms with Crippen molar-refractivity contribution >= 4 is 21.4 Å². The molecule has 126 valence electrons. The fraction of sp³-hybridized carbons (Fsp3) is 0.0588. The Morgan fingerprint density at radius 1 is 1.20 bits per heavy atom. The summed E-state index contributed by atoms with van der Waals surface area (Å²) in [4.78, 5) is 4.60. The summed E-state index contributed by atoms with van der Waals surface area (Å²) in [6.45, 7) is 2.00. The van der Waals surface area contributed by atoms with E-state index in [1.54, 1.807) is 18.2 Å². The zero-order chi connectivity index (χ0) is 17.4. The van der Waals surface area contributed by atoms with Crippen molar-refractivity contribution in [3.05, 3.63) is 66.8 Å². The molecule has 0 spiro atoms. The second-order valence-electron chi connectivity index (χ2n) is 5.59. The van der Waals surface area contributed by atoms with E-state index in [0.717, 1.165) is 34.9 Å². The first-order chi connectivity index (χ1) is 12.0. The average molecular weight is 354 g/mol. The van der Waals surface area contributed by atoms with Crippen molar-refractivity contribution in [1.29, 1.82) is 0 Å². The number of imidazole rings is 1. The maximum absolute atomic E-state index is 12.3. The molecule has 0 fully saturated rings. The van der Waals surface area contributed by atoms with Crippen molar-refractivity contribution in [3.63, 3.8) is 0 Å². The molecule has 25 heavy (non-hydrogen) atoms. The summed E-state index contributed by atoms with van der Waals surface area (Å²) in [5, 5.41) is 3.42. The number of fused-ring (bicyclic) bond motifs is 1. The lowest BCUT2D eigenvalue weighted by atomic mass is 10.1. The first-order valence-electron chi connectivity index (χ1n) is 7.50. The molecule has 0 radical (unpaired) electrons. The fourth-order valence-electron chi connectivity index (χ4n) is 2.58. The van der Waals surface area contributed by atoms with Crippen LogP contribution >= 0.6 is 0 Å². The third-order valence-corrected chi connectivity index (χ3v) is 5.14. The van der Waals surface area contributed by atoms with Crippen molar-refractivity contribution < 1.29 is 12.9 Å². The van der Waals surface area contributed by atoms with Crippen LogP contribution in [0.25, 0.3) is 16.9 Å². The third kappa shape index (κ3) is 2.87. The van der Waals surface area contributed by atoms with Gasteiger partial charge in [-0.2, -0.15) is 0 Å². The Labute approximate surface area is 144 Å². The molecule has 0 atom stereocenters. The van der Waals surface area contributed by atoms with Crippen LogP contribution in [0.1, 0.15) is 5.56 Å². The maximum Gasteiger partial charge on any atom is 0.266 e. The SMILES string of the molecule is Cc1cccn2cc(-c3cccc(NS(=O)(=O)c4cnoc4)c3)nc12. The van der Waals surface area contributed by atoms with Crippen molar-refractivity contribution in [2.75, 3.05) is 4.72 Å². The first-order valence-corrected chi connectivity index (χ1v) is 8.98. The second kappa shape index (κ2) is 5.75. The van der Waals surface area contributed by atoms with E-state index in [9.17, 15) is 8.42 Å². The Kier molecular flexibility index (Phi) is 3.54. The summed E-state index contributed by atoms with van der Waals surface area (Å²) in [6, 6.07) is 11.0. The van der Waals surface area contributed by atoms with E-state index in [4.69, 9.17) is 0 Å². The Morgan fingerprint density at radius 3 is 2.84 bits per heavy atom. The van der Waals surface area contributed by atoms with E-state index in [0.29, 0.717) is 5.69 Å². The largest absolute Gasteiger partial charge is 0.363 e. The van der Waals surface area contributed by atoms with Gasteiger partial charge in [0.05, 0.1) is 11.9 Å². The molecule has 0 aliphatic rings. The molecule has 0 bridgehead atoms. The molecule has 0 unspecified atom stereocenters. The smallest absolute Gasteiger partial charge is 0.266 e. The normalized spacial score (nSPS) is 11.7. The number of pyridine rings is 1. The minimum absolute atomic E-state index is 0.0266. The van der Waals surface area contributed by atoms with E-state index in [2.05, 4.69) is 19.4 Å². The predicted octanol–water partition coefficient (Wildman–Crippen LogP) is 3.10. The van der Waals surface area contributed by atoms with Crippen LogP contribution in [0, 0.1) is 6.92 Å². The quantitative estimate of drug-likeness (QED) is 0.608. The number of rotatable bonds is 4. The fourth-order valence-corrected chi connectivity index (χ4v) is 3.48. The molecule has 8 heteroatoms. The van der Waals surface area contributed by atoms with Gasteiger partial charge in [0.1, 0.15) is 16.8 Å². The molecule has 3 aromatic heterocycles. The number of hydrogen-bond donors (Lipinski definition) is 1. The average Bonchev–Trinajstić information content (AvgIpc) is 3.25. The summed E-state index contributed by atoms with van der Waals surface area (Å²) < 4.78 is 33.6. The number of aryl methyl sites for hydroxylation is 1. The van der Waals surface area contributed by atoms with E-state index in [-0.39, 0.29) is 4.90 Å². The predicted molar refractivity (Wildman–Crippen MR) is 92.7 cm³/mol. The maximum atomic E-state index is 12.3. The van der Waals surface area contributed by atoms with Gasteiger partial charge < -0.3 is 8.92 Å². The zero-order valence-corrected chi connectivity index (χ0v) is 14.1. The number of anilines is 1. The van der Waals surface area contributed by atoms with Crippen LogP contribution in [0.4, 0.5) is 5.69 Å². The molecular weight excluding hydrogens is 340 g/mol. The van der Waals surface area contributed by atoms with Crippen LogP contribution in [0.5, 0.6) is 0 Å². The minimum atomic E-state index is -3.73. The van der Waals surface area contributed by atoms with Gasteiger partial charge in [-0.25, -0.2) is 13.4 Å². The Hall–Kier alpha value is -3.13. The van der Waals surface area contributed by atoms with Crippen LogP contribution in [-0.2, 0) is 10.0 Å². The molecule has 3 heterocycles. The highest BCUT2D eigenvalue weighted by Crippen LogP contribution is 2.24. The topological polar surface area (TPSA) is 89.5 Å². The lowest BCUT2D eigenvalue weighted by molar-refractivity contribution is 0.417. The van der Waals surface area contributed by atoms with Gasteiger partial charge >= 0.3 is 0 Å². The zero-order valence-electron chi connectivity index (χ0n) is 13.2. The van der Waals surface area contributed by atoms with Crippen molar-refractivity contribution in [2.45, 2.75) is 11.8 Å². The highest BCUT2D eigenvalue weighted by molar-refractivity contribution is 7.92. The highest BCUT2D eigenvalue weighted by Gasteiger charge is 2.17. The van der Waals surface area contributed by atoms with Gasteiger partial charge in [-0.3, -0.25) is 4.72 Å². The molecule has 4 aromatic rings. The number of sulfonamides is 1. The van der Waals surface area contributed by atoms with Crippen LogP contribution < -0.4 is 4.72 Å². The van der Waals surface area contributed by atoms with Crippen molar-refractivity contribution in [1.82, 2.24) is 14.5 Å². The summed E-state index contributed by atoms with van der Waals surface area (Å²) in [5.74, 6) is 0. The number of benzene rings is 1. The van der Waals surface area contributed by atoms with Gasteiger partial charge in [0.2, 0.25) is 0 Å². The molecule has 0 amide bonds. The molecule has 7 nitrogen and oxygen atoms in total. The second-order valence-corrected chi connectivity index (χ2v) is 7.28. The molecule has 1 N–H and O–H groups in total. The van der Waals surface area contributed by atoms with Crippen molar-refractivity contribution in [3.8, 4) is 11.3 Å².